The van der Waals surface area contributed by atoms with Gasteiger partial charge in [-0.15, -0.1) is 21.5 Å². The van der Waals surface area contributed by atoms with Crippen LogP contribution in [-0.4, -0.2) is 23.9 Å². The number of methoxy groups -OCH3 is 1. The summed E-state index contributed by atoms with van der Waals surface area (Å²) in [4.78, 5) is 1.09. The van der Waals surface area contributed by atoms with E-state index in [1.165, 1.54) is 10.1 Å². The van der Waals surface area contributed by atoms with E-state index >= 15 is 0 Å². The molecule has 3 aromatic rings. The molecule has 2 aromatic heterocycles. The molecule has 0 radical (unpaired) electrons. The van der Waals surface area contributed by atoms with E-state index in [1.807, 2.05) is 18.2 Å². The van der Waals surface area contributed by atoms with Crippen molar-refractivity contribution in [1.82, 2.24) is 10.2 Å². The SMILES string of the molecule is CCCCOc1ccc2cc(-c3ccc(OC)nn3)sc2c1. The molecule has 0 unspecified atom stereocenters. The Morgan fingerprint density at radius 2 is 2.00 bits per heavy atom. The van der Waals surface area contributed by atoms with Gasteiger partial charge in [0.1, 0.15) is 11.4 Å². The molecule has 0 aliphatic heterocycles. The molecule has 0 aliphatic carbocycles. The maximum absolute atomic E-state index is 5.76. The Morgan fingerprint density at radius 1 is 1.09 bits per heavy atom. The molecule has 0 amide bonds. The van der Waals surface area contributed by atoms with Crippen LogP contribution in [0.25, 0.3) is 20.7 Å². The molecule has 0 bridgehead atoms. The molecule has 0 saturated carbocycles. The molecular weight excluding hydrogens is 296 g/mol. The lowest BCUT2D eigenvalue weighted by molar-refractivity contribution is 0.310. The number of unbranched alkanes of at least 4 members (excludes halogenated alkanes) is 1. The standard InChI is InChI=1S/C17H18N2O2S/c1-3-4-9-21-13-6-5-12-10-16(22-15(12)11-13)14-7-8-17(20-2)19-18-14/h5-8,10-11H,3-4,9H2,1-2H3. The first-order valence-electron chi connectivity index (χ1n) is 7.34. The van der Waals surface area contributed by atoms with Crippen molar-refractivity contribution in [1.29, 1.82) is 0 Å². The van der Waals surface area contributed by atoms with Crippen LogP contribution in [0, 0.1) is 0 Å². The Labute approximate surface area is 133 Å². The lowest BCUT2D eigenvalue weighted by Gasteiger charge is -2.04. The van der Waals surface area contributed by atoms with E-state index in [4.69, 9.17) is 9.47 Å². The van der Waals surface area contributed by atoms with Gasteiger partial charge < -0.3 is 9.47 Å². The minimum Gasteiger partial charge on any atom is -0.494 e. The number of hydrogen-bond acceptors (Lipinski definition) is 5. The molecule has 3 rings (SSSR count). The van der Waals surface area contributed by atoms with Crippen molar-refractivity contribution in [2.24, 2.45) is 0 Å². The number of hydrogen-bond donors (Lipinski definition) is 0. The van der Waals surface area contributed by atoms with Crippen LogP contribution >= 0.6 is 11.3 Å². The maximum atomic E-state index is 5.76. The number of aromatic nitrogens is 2. The third kappa shape index (κ3) is 3.20. The lowest BCUT2D eigenvalue weighted by Crippen LogP contribution is -1.95. The van der Waals surface area contributed by atoms with Crippen molar-refractivity contribution in [2.45, 2.75) is 19.8 Å². The summed E-state index contributed by atoms with van der Waals surface area (Å²) in [5.74, 6) is 1.45. The fourth-order valence-electron chi connectivity index (χ4n) is 2.12. The van der Waals surface area contributed by atoms with Crippen LogP contribution in [0.1, 0.15) is 19.8 Å². The second kappa shape index (κ2) is 6.75. The van der Waals surface area contributed by atoms with Crippen LogP contribution in [0.3, 0.4) is 0 Å². The van der Waals surface area contributed by atoms with Crippen LogP contribution in [0.5, 0.6) is 11.6 Å². The van der Waals surface area contributed by atoms with E-state index in [9.17, 15) is 0 Å². The van der Waals surface area contributed by atoms with Crippen molar-refractivity contribution in [3.8, 4) is 22.2 Å². The average molecular weight is 314 g/mol. The Balaban J connectivity index is 1.85. The average Bonchev–Trinajstić information content (AvgIpc) is 2.98. The summed E-state index contributed by atoms with van der Waals surface area (Å²) in [6.07, 6.45) is 2.22. The number of fused-ring (bicyclic) bond motifs is 1. The second-order valence-electron chi connectivity index (χ2n) is 4.97. The molecule has 5 heteroatoms. The highest BCUT2D eigenvalue weighted by atomic mass is 32.1. The van der Waals surface area contributed by atoms with Gasteiger partial charge in [-0.05, 0) is 42.1 Å². The minimum absolute atomic E-state index is 0.525. The summed E-state index contributed by atoms with van der Waals surface area (Å²) in [6.45, 7) is 2.93. The van der Waals surface area contributed by atoms with Crippen molar-refractivity contribution >= 4 is 21.4 Å². The van der Waals surface area contributed by atoms with Crippen molar-refractivity contribution in [2.75, 3.05) is 13.7 Å². The Hall–Kier alpha value is -2.14. The molecule has 22 heavy (non-hydrogen) atoms. The predicted molar refractivity (Wildman–Crippen MR) is 89.8 cm³/mol. The second-order valence-corrected chi connectivity index (χ2v) is 6.06. The number of benzene rings is 1. The molecule has 4 nitrogen and oxygen atoms in total. The summed E-state index contributed by atoms with van der Waals surface area (Å²) in [5, 5.41) is 9.42. The zero-order chi connectivity index (χ0) is 15.4. The third-order valence-electron chi connectivity index (χ3n) is 3.36. The summed E-state index contributed by atoms with van der Waals surface area (Å²) in [6, 6.07) is 12.1. The van der Waals surface area contributed by atoms with Gasteiger partial charge in [-0.1, -0.05) is 13.3 Å². The molecule has 0 saturated heterocycles. The number of rotatable bonds is 6. The summed E-state index contributed by atoms with van der Waals surface area (Å²) in [5.41, 5.74) is 0.857. The summed E-state index contributed by atoms with van der Waals surface area (Å²) < 4.78 is 12.0. The number of ether oxygens (including phenoxy) is 2. The predicted octanol–water partition coefficient (Wildman–Crippen LogP) is 4.55. The molecule has 1 aromatic carbocycles. The first-order chi connectivity index (χ1) is 10.8. The topological polar surface area (TPSA) is 44.2 Å². The quantitative estimate of drug-likeness (QED) is 0.626. The Bertz CT molecular complexity index is 753. The van der Waals surface area contributed by atoms with E-state index in [-0.39, 0.29) is 0 Å². The number of nitrogens with zero attached hydrogens (tertiary/aromatic N) is 2. The molecular formula is C17H18N2O2S. The molecule has 0 N–H and O–H groups in total. The van der Waals surface area contributed by atoms with Crippen molar-refractivity contribution < 1.29 is 9.47 Å². The largest absolute Gasteiger partial charge is 0.494 e. The molecule has 0 fully saturated rings. The zero-order valence-corrected chi connectivity index (χ0v) is 13.5. The van der Waals surface area contributed by atoms with E-state index in [0.717, 1.165) is 35.8 Å². The van der Waals surface area contributed by atoms with Gasteiger partial charge >= 0.3 is 0 Å². The first kappa shape index (κ1) is 14.8. The van der Waals surface area contributed by atoms with Crippen molar-refractivity contribution in [3.63, 3.8) is 0 Å². The van der Waals surface area contributed by atoms with Gasteiger partial charge in [0.2, 0.25) is 5.88 Å². The zero-order valence-electron chi connectivity index (χ0n) is 12.7. The van der Waals surface area contributed by atoms with E-state index in [2.05, 4.69) is 35.3 Å². The van der Waals surface area contributed by atoms with E-state index in [1.54, 1.807) is 18.4 Å². The fourth-order valence-corrected chi connectivity index (χ4v) is 3.18. The minimum atomic E-state index is 0.525. The Kier molecular flexibility index (Phi) is 4.53. The lowest BCUT2D eigenvalue weighted by atomic mass is 10.2. The van der Waals surface area contributed by atoms with Gasteiger partial charge in [0.05, 0.1) is 18.6 Å². The number of thiophene rings is 1. The van der Waals surface area contributed by atoms with Gasteiger partial charge in [0.25, 0.3) is 0 Å². The van der Waals surface area contributed by atoms with Gasteiger partial charge in [0.15, 0.2) is 0 Å². The Morgan fingerprint density at radius 3 is 2.73 bits per heavy atom. The van der Waals surface area contributed by atoms with Crippen molar-refractivity contribution in [3.05, 3.63) is 36.4 Å². The normalized spacial score (nSPS) is 10.8. The van der Waals surface area contributed by atoms with Crippen LogP contribution in [0.15, 0.2) is 36.4 Å². The molecule has 0 spiro atoms. The molecule has 114 valence electrons. The smallest absolute Gasteiger partial charge is 0.233 e. The first-order valence-corrected chi connectivity index (χ1v) is 8.16. The van der Waals surface area contributed by atoms with Gasteiger partial charge in [-0.25, -0.2) is 0 Å². The summed E-state index contributed by atoms with van der Waals surface area (Å²) >= 11 is 1.69. The highest BCUT2D eigenvalue weighted by Gasteiger charge is 2.08. The fraction of sp³-hybridized carbons (Fsp3) is 0.294. The summed E-state index contributed by atoms with van der Waals surface area (Å²) in [7, 11) is 1.59. The van der Waals surface area contributed by atoms with Gasteiger partial charge in [0, 0.05) is 10.8 Å². The van der Waals surface area contributed by atoms with Gasteiger partial charge in [-0.3, -0.25) is 0 Å². The monoisotopic (exact) mass is 314 g/mol. The highest BCUT2D eigenvalue weighted by molar-refractivity contribution is 7.22. The van der Waals surface area contributed by atoms with Crippen LogP contribution in [0.2, 0.25) is 0 Å². The van der Waals surface area contributed by atoms with Crippen LogP contribution < -0.4 is 9.47 Å². The molecule has 0 aliphatic rings. The molecule has 0 atom stereocenters. The van der Waals surface area contributed by atoms with E-state index in [0.29, 0.717) is 5.88 Å². The third-order valence-corrected chi connectivity index (χ3v) is 4.48. The maximum Gasteiger partial charge on any atom is 0.233 e. The highest BCUT2D eigenvalue weighted by Crippen LogP contribution is 2.34. The van der Waals surface area contributed by atoms with Crippen LogP contribution in [0.4, 0.5) is 0 Å². The molecule has 2 heterocycles. The van der Waals surface area contributed by atoms with Gasteiger partial charge in [-0.2, -0.15) is 0 Å². The van der Waals surface area contributed by atoms with Crippen LogP contribution in [-0.2, 0) is 0 Å². The van der Waals surface area contributed by atoms with E-state index < -0.39 is 0 Å².